The Bertz CT molecular complexity index is 389. The van der Waals surface area contributed by atoms with Crippen molar-refractivity contribution >= 4 is 18.0 Å². The Morgan fingerprint density at radius 3 is 2.75 bits per heavy atom. The van der Waals surface area contributed by atoms with Gasteiger partial charge in [-0.05, 0) is 37.1 Å². The molecule has 0 saturated heterocycles. The van der Waals surface area contributed by atoms with E-state index in [0.29, 0.717) is 18.5 Å². The molecule has 0 atom stereocenters. The fourth-order valence-electron chi connectivity index (χ4n) is 1.37. The van der Waals surface area contributed by atoms with Gasteiger partial charge in [0.05, 0.1) is 0 Å². The van der Waals surface area contributed by atoms with Crippen LogP contribution in [0.1, 0.15) is 29.3 Å². The van der Waals surface area contributed by atoms with E-state index < -0.39 is 0 Å². The van der Waals surface area contributed by atoms with Crippen molar-refractivity contribution in [2.75, 3.05) is 11.9 Å². The zero-order valence-corrected chi connectivity index (χ0v) is 9.54. The van der Waals surface area contributed by atoms with Gasteiger partial charge in [0, 0.05) is 17.8 Å². The second-order valence-corrected chi connectivity index (χ2v) is 3.55. The molecular weight excluding hydrogens is 204 g/mol. The lowest BCUT2D eigenvalue weighted by atomic mass is 10.1. The molecule has 1 rings (SSSR count). The molecule has 0 heterocycles. The van der Waals surface area contributed by atoms with Gasteiger partial charge in [0.2, 0.25) is 6.41 Å². The lowest BCUT2D eigenvalue weighted by molar-refractivity contribution is -0.105. The summed E-state index contributed by atoms with van der Waals surface area (Å²) < 4.78 is 0. The minimum absolute atomic E-state index is 0.0809. The maximum absolute atomic E-state index is 11.6. The third-order valence-electron chi connectivity index (χ3n) is 2.24. The van der Waals surface area contributed by atoms with Gasteiger partial charge in [-0.3, -0.25) is 9.59 Å². The van der Waals surface area contributed by atoms with Crippen LogP contribution in [0.5, 0.6) is 0 Å². The second-order valence-electron chi connectivity index (χ2n) is 3.55. The summed E-state index contributed by atoms with van der Waals surface area (Å²) in [5, 5.41) is 5.37. The van der Waals surface area contributed by atoms with Crippen LogP contribution in [0.2, 0.25) is 0 Å². The third kappa shape index (κ3) is 3.08. The molecule has 0 fully saturated rings. The van der Waals surface area contributed by atoms with E-state index in [4.69, 9.17) is 0 Å². The molecule has 0 aliphatic heterocycles. The summed E-state index contributed by atoms with van der Waals surface area (Å²) in [7, 11) is 0. The number of aryl methyl sites for hydroxylation is 1. The SMILES string of the molecule is CCCNC(=O)c1ccc(NC=O)c(C)c1. The van der Waals surface area contributed by atoms with Crippen LogP contribution in [-0.2, 0) is 4.79 Å². The van der Waals surface area contributed by atoms with Crippen molar-refractivity contribution in [3.05, 3.63) is 29.3 Å². The van der Waals surface area contributed by atoms with Crippen molar-refractivity contribution < 1.29 is 9.59 Å². The Kier molecular flexibility index (Phi) is 4.51. The van der Waals surface area contributed by atoms with Crippen LogP contribution >= 0.6 is 0 Å². The van der Waals surface area contributed by atoms with Crippen LogP contribution in [0.4, 0.5) is 5.69 Å². The number of benzene rings is 1. The molecule has 4 nitrogen and oxygen atoms in total. The van der Waals surface area contributed by atoms with E-state index >= 15 is 0 Å². The van der Waals surface area contributed by atoms with Crippen LogP contribution in [0.25, 0.3) is 0 Å². The highest BCUT2D eigenvalue weighted by Gasteiger charge is 2.06. The smallest absolute Gasteiger partial charge is 0.251 e. The molecule has 0 aliphatic rings. The Hall–Kier alpha value is -1.84. The molecule has 2 N–H and O–H groups in total. The summed E-state index contributed by atoms with van der Waals surface area (Å²) in [6.45, 7) is 4.53. The first kappa shape index (κ1) is 12.2. The molecule has 0 spiro atoms. The van der Waals surface area contributed by atoms with Gasteiger partial charge < -0.3 is 10.6 Å². The zero-order chi connectivity index (χ0) is 12.0. The molecular formula is C12H16N2O2. The summed E-state index contributed by atoms with van der Waals surface area (Å²) in [6.07, 6.45) is 1.54. The van der Waals surface area contributed by atoms with Crippen LogP contribution in [0.15, 0.2) is 18.2 Å². The molecule has 1 aromatic rings. The van der Waals surface area contributed by atoms with Crippen molar-refractivity contribution in [1.82, 2.24) is 5.32 Å². The van der Waals surface area contributed by atoms with E-state index in [2.05, 4.69) is 10.6 Å². The minimum atomic E-state index is -0.0809. The van der Waals surface area contributed by atoms with Crippen molar-refractivity contribution in [3.63, 3.8) is 0 Å². The number of rotatable bonds is 5. The molecule has 0 unspecified atom stereocenters. The van der Waals surface area contributed by atoms with Crippen LogP contribution in [0, 0.1) is 6.92 Å². The van der Waals surface area contributed by atoms with E-state index in [-0.39, 0.29) is 5.91 Å². The molecule has 0 bridgehead atoms. The fourth-order valence-corrected chi connectivity index (χ4v) is 1.37. The van der Waals surface area contributed by atoms with Gasteiger partial charge in [-0.25, -0.2) is 0 Å². The largest absolute Gasteiger partial charge is 0.352 e. The van der Waals surface area contributed by atoms with Gasteiger partial charge in [0.15, 0.2) is 0 Å². The quantitative estimate of drug-likeness (QED) is 0.742. The summed E-state index contributed by atoms with van der Waals surface area (Å²) >= 11 is 0. The predicted octanol–water partition coefficient (Wildman–Crippen LogP) is 1.70. The minimum Gasteiger partial charge on any atom is -0.352 e. The Morgan fingerprint density at radius 1 is 1.44 bits per heavy atom. The van der Waals surface area contributed by atoms with E-state index in [9.17, 15) is 9.59 Å². The molecule has 4 heteroatoms. The highest BCUT2D eigenvalue weighted by atomic mass is 16.1. The molecule has 1 aromatic carbocycles. The van der Waals surface area contributed by atoms with Crippen molar-refractivity contribution in [2.45, 2.75) is 20.3 Å². The summed E-state index contributed by atoms with van der Waals surface area (Å²) in [5.74, 6) is -0.0809. The van der Waals surface area contributed by atoms with E-state index in [0.717, 1.165) is 17.7 Å². The van der Waals surface area contributed by atoms with Crippen molar-refractivity contribution in [3.8, 4) is 0 Å². The fraction of sp³-hybridized carbons (Fsp3) is 0.333. The summed E-state index contributed by atoms with van der Waals surface area (Å²) in [5.41, 5.74) is 2.21. The van der Waals surface area contributed by atoms with Gasteiger partial charge in [-0.2, -0.15) is 0 Å². The van der Waals surface area contributed by atoms with Gasteiger partial charge in [0.25, 0.3) is 5.91 Å². The normalized spacial score (nSPS) is 9.62. The van der Waals surface area contributed by atoms with E-state index in [1.165, 1.54) is 0 Å². The number of anilines is 1. The molecule has 0 saturated carbocycles. The number of carbonyl (C=O) groups excluding carboxylic acids is 2. The van der Waals surface area contributed by atoms with Crippen LogP contribution < -0.4 is 10.6 Å². The van der Waals surface area contributed by atoms with Gasteiger partial charge in [0.1, 0.15) is 0 Å². The van der Waals surface area contributed by atoms with E-state index in [1.54, 1.807) is 18.2 Å². The second kappa shape index (κ2) is 5.90. The average Bonchev–Trinajstić information content (AvgIpc) is 2.29. The lowest BCUT2D eigenvalue weighted by Crippen LogP contribution is -2.24. The molecule has 2 amide bonds. The Labute approximate surface area is 95.0 Å². The first-order valence-corrected chi connectivity index (χ1v) is 5.28. The number of hydrogen-bond donors (Lipinski definition) is 2. The average molecular weight is 220 g/mol. The molecule has 0 aromatic heterocycles. The first-order valence-electron chi connectivity index (χ1n) is 5.28. The standard InChI is InChI=1S/C12H16N2O2/c1-3-6-13-12(16)10-4-5-11(14-8-15)9(2)7-10/h4-5,7-8H,3,6H2,1-2H3,(H,13,16)(H,14,15). The molecule has 16 heavy (non-hydrogen) atoms. The summed E-state index contributed by atoms with van der Waals surface area (Å²) in [6, 6.07) is 5.19. The lowest BCUT2D eigenvalue weighted by Gasteiger charge is -2.07. The molecule has 0 radical (unpaired) electrons. The maximum atomic E-state index is 11.6. The maximum Gasteiger partial charge on any atom is 0.251 e. The monoisotopic (exact) mass is 220 g/mol. The highest BCUT2D eigenvalue weighted by Crippen LogP contribution is 2.15. The molecule has 0 aliphatic carbocycles. The van der Waals surface area contributed by atoms with Gasteiger partial charge in [-0.1, -0.05) is 6.92 Å². The number of hydrogen-bond acceptors (Lipinski definition) is 2. The zero-order valence-electron chi connectivity index (χ0n) is 9.54. The Morgan fingerprint density at radius 2 is 2.19 bits per heavy atom. The van der Waals surface area contributed by atoms with E-state index in [1.807, 2.05) is 13.8 Å². The number of nitrogens with one attached hydrogen (secondary N) is 2. The van der Waals surface area contributed by atoms with Crippen molar-refractivity contribution in [2.24, 2.45) is 0 Å². The Balaban J connectivity index is 2.79. The van der Waals surface area contributed by atoms with Gasteiger partial charge >= 0.3 is 0 Å². The predicted molar refractivity (Wildman–Crippen MR) is 63.5 cm³/mol. The topological polar surface area (TPSA) is 58.2 Å². The van der Waals surface area contributed by atoms with Crippen LogP contribution in [0.3, 0.4) is 0 Å². The third-order valence-corrected chi connectivity index (χ3v) is 2.24. The number of carbonyl (C=O) groups is 2. The first-order chi connectivity index (χ1) is 7.69. The van der Waals surface area contributed by atoms with Gasteiger partial charge in [-0.15, -0.1) is 0 Å². The molecule has 86 valence electrons. The summed E-state index contributed by atoms with van der Waals surface area (Å²) in [4.78, 5) is 21.9. The van der Waals surface area contributed by atoms with Crippen LogP contribution in [-0.4, -0.2) is 18.9 Å². The van der Waals surface area contributed by atoms with Crippen molar-refractivity contribution in [1.29, 1.82) is 0 Å². The number of amides is 2. The highest BCUT2D eigenvalue weighted by molar-refractivity contribution is 5.95.